The van der Waals surface area contributed by atoms with E-state index < -0.39 is 12.0 Å². The molecular formula is C10H11N3O3S. The van der Waals surface area contributed by atoms with Crippen LogP contribution in [0.25, 0.3) is 10.7 Å². The van der Waals surface area contributed by atoms with Gasteiger partial charge in [0.15, 0.2) is 0 Å². The van der Waals surface area contributed by atoms with Crippen LogP contribution in [0.1, 0.15) is 17.6 Å². The van der Waals surface area contributed by atoms with Crippen LogP contribution in [-0.4, -0.2) is 33.8 Å². The first kappa shape index (κ1) is 11.7. The molecule has 2 N–H and O–H groups in total. The van der Waals surface area contributed by atoms with Gasteiger partial charge in [-0.25, -0.2) is 0 Å². The van der Waals surface area contributed by atoms with Crippen molar-refractivity contribution in [2.24, 2.45) is 0 Å². The van der Waals surface area contributed by atoms with Crippen molar-refractivity contribution in [1.29, 1.82) is 0 Å². The van der Waals surface area contributed by atoms with Gasteiger partial charge in [-0.1, -0.05) is 11.2 Å². The molecule has 0 bridgehead atoms. The molecule has 2 rings (SSSR count). The van der Waals surface area contributed by atoms with E-state index in [0.29, 0.717) is 5.82 Å². The summed E-state index contributed by atoms with van der Waals surface area (Å²) in [4.78, 5) is 16.3. The quantitative estimate of drug-likeness (QED) is 0.845. The van der Waals surface area contributed by atoms with Crippen molar-refractivity contribution >= 4 is 17.2 Å². The maximum Gasteiger partial charge on any atom is 0.316 e. The number of carbonyl (C=O) groups is 1. The predicted molar refractivity (Wildman–Crippen MR) is 61.6 cm³/mol. The predicted octanol–water partition coefficient (Wildman–Crippen LogP) is 0.909. The molecule has 0 saturated heterocycles. The maximum atomic E-state index is 11.5. The number of nitrogens with one attached hydrogen (secondary N) is 1. The Bertz CT molecular complexity index is 493. The number of amides is 1. The summed E-state index contributed by atoms with van der Waals surface area (Å²) < 4.78 is 4.83. The second kappa shape index (κ2) is 5.07. The first-order chi connectivity index (χ1) is 8.16. The normalized spacial score (nSPS) is 12.4. The van der Waals surface area contributed by atoms with E-state index in [1.807, 2.05) is 17.5 Å². The number of carbonyl (C=O) groups excluding carboxylic acids is 1. The molecule has 2 heterocycles. The lowest BCUT2D eigenvalue weighted by Crippen LogP contribution is -2.30. The highest BCUT2D eigenvalue weighted by atomic mass is 32.1. The average molecular weight is 253 g/mol. The van der Waals surface area contributed by atoms with Crippen LogP contribution in [0.5, 0.6) is 0 Å². The van der Waals surface area contributed by atoms with Gasteiger partial charge in [-0.05, 0) is 18.4 Å². The van der Waals surface area contributed by atoms with Crippen LogP contribution in [0.15, 0.2) is 22.0 Å². The van der Waals surface area contributed by atoms with E-state index in [1.165, 1.54) is 11.3 Å². The van der Waals surface area contributed by atoms with Crippen LogP contribution in [0, 0.1) is 0 Å². The molecule has 0 aliphatic rings. The molecule has 1 atom stereocenters. The van der Waals surface area contributed by atoms with E-state index in [2.05, 4.69) is 15.5 Å². The summed E-state index contributed by atoms with van der Waals surface area (Å²) >= 11 is 1.46. The molecule has 1 unspecified atom stereocenters. The van der Waals surface area contributed by atoms with E-state index in [4.69, 9.17) is 9.63 Å². The molecule has 0 saturated carbocycles. The lowest BCUT2D eigenvalue weighted by Gasteiger charge is -2.03. The highest BCUT2D eigenvalue weighted by Gasteiger charge is 2.16. The van der Waals surface area contributed by atoms with Gasteiger partial charge in [0, 0.05) is 6.54 Å². The van der Waals surface area contributed by atoms with Crippen LogP contribution < -0.4 is 5.32 Å². The Hall–Kier alpha value is -1.73. The van der Waals surface area contributed by atoms with Crippen LogP contribution in [-0.2, 0) is 0 Å². The molecule has 90 valence electrons. The summed E-state index contributed by atoms with van der Waals surface area (Å²) in [5, 5.41) is 17.1. The molecule has 0 radical (unpaired) electrons. The standard InChI is InChI=1S/C10H11N3O3S/c1-6(14)5-11-9(15)10-12-8(13-16-10)7-3-2-4-17-7/h2-4,6,14H,5H2,1H3,(H,11,15). The van der Waals surface area contributed by atoms with E-state index in [-0.39, 0.29) is 12.4 Å². The Balaban J connectivity index is 2.05. The second-order valence-corrected chi connectivity index (χ2v) is 4.41. The number of aliphatic hydroxyl groups excluding tert-OH is 1. The molecule has 0 spiro atoms. The highest BCUT2D eigenvalue weighted by molar-refractivity contribution is 7.13. The Morgan fingerprint density at radius 1 is 1.71 bits per heavy atom. The molecule has 0 fully saturated rings. The fourth-order valence-electron chi connectivity index (χ4n) is 1.14. The van der Waals surface area contributed by atoms with Crippen molar-refractivity contribution in [3.05, 3.63) is 23.4 Å². The van der Waals surface area contributed by atoms with Gasteiger partial charge in [-0.3, -0.25) is 4.79 Å². The Morgan fingerprint density at radius 3 is 3.18 bits per heavy atom. The first-order valence-corrected chi connectivity index (χ1v) is 5.88. The smallest absolute Gasteiger partial charge is 0.316 e. The molecular weight excluding hydrogens is 242 g/mol. The lowest BCUT2D eigenvalue weighted by molar-refractivity contribution is 0.0880. The van der Waals surface area contributed by atoms with E-state index >= 15 is 0 Å². The molecule has 0 aliphatic carbocycles. The first-order valence-electron chi connectivity index (χ1n) is 5.00. The fraction of sp³-hybridized carbons (Fsp3) is 0.300. The molecule has 2 aromatic rings. The van der Waals surface area contributed by atoms with Crippen molar-refractivity contribution in [3.63, 3.8) is 0 Å². The zero-order valence-electron chi connectivity index (χ0n) is 9.08. The number of nitrogens with zero attached hydrogens (tertiary/aromatic N) is 2. The Labute approximate surface area is 101 Å². The van der Waals surface area contributed by atoms with Crippen molar-refractivity contribution in [1.82, 2.24) is 15.5 Å². The topological polar surface area (TPSA) is 88.2 Å². The van der Waals surface area contributed by atoms with Gasteiger partial charge in [0.05, 0.1) is 11.0 Å². The molecule has 7 heteroatoms. The number of hydrogen-bond donors (Lipinski definition) is 2. The molecule has 6 nitrogen and oxygen atoms in total. The Kier molecular flexibility index (Phi) is 3.50. The maximum absolute atomic E-state index is 11.5. The summed E-state index contributed by atoms with van der Waals surface area (Å²) in [7, 11) is 0. The van der Waals surface area contributed by atoms with E-state index in [0.717, 1.165) is 4.88 Å². The van der Waals surface area contributed by atoms with Gasteiger partial charge in [-0.2, -0.15) is 4.98 Å². The lowest BCUT2D eigenvalue weighted by atomic mass is 10.4. The number of hydrogen-bond acceptors (Lipinski definition) is 6. The summed E-state index contributed by atoms with van der Waals surface area (Å²) in [6.07, 6.45) is -0.612. The van der Waals surface area contributed by atoms with Gasteiger partial charge in [-0.15, -0.1) is 11.3 Å². The van der Waals surface area contributed by atoms with Crippen molar-refractivity contribution < 1.29 is 14.4 Å². The molecule has 0 aromatic carbocycles. The van der Waals surface area contributed by atoms with Crippen LogP contribution in [0.3, 0.4) is 0 Å². The van der Waals surface area contributed by atoms with Gasteiger partial charge >= 0.3 is 11.8 Å². The number of thiophene rings is 1. The summed E-state index contributed by atoms with van der Waals surface area (Å²) in [5.41, 5.74) is 0. The van der Waals surface area contributed by atoms with Crippen LogP contribution >= 0.6 is 11.3 Å². The fourth-order valence-corrected chi connectivity index (χ4v) is 1.79. The third-order valence-corrected chi connectivity index (χ3v) is 2.79. The minimum absolute atomic E-state index is 0.103. The zero-order chi connectivity index (χ0) is 12.3. The third-order valence-electron chi connectivity index (χ3n) is 1.92. The largest absolute Gasteiger partial charge is 0.392 e. The van der Waals surface area contributed by atoms with Crippen LogP contribution in [0.4, 0.5) is 0 Å². The minimum atomic E-state index is -0.612. The minimum Gasteiger partial charge on any atom is -0.392 e. The van der Waals surface area contributed by atoms with Gasteiger partial charge < -0.3 is 14.9 Å². The third kappa shape index (κ3) is 2.89. The highest BCUT2D eigenvalue weighted by Crippen LogP contribution is 2.21. The molecule has 1 amide bonds. The van der Waals surface area contributed by atoms with Gasteiger partial charge in [0.2, 0.25) is 5.82 Å². The van der Waals surface area contributed by atoms with Gasteiger partial charge in [0.1, 0.15) is 0 Å². The summed E-state index contributed by atoms with van der Waals surface area (Å²) in [6.45, 7) is 1.72. The monoisotopic (exact) mass is 253 g/mol. The van der Waals surface area contributed by atoms with Crippen LogP contribution in [0.2, 0.25) is 0 Å². The molecule has 0 aliphatic heterocycles. The molecule has 2 aromatic heterocycles. The van der Waals surface area contributed by atoms with E-state index in [9.17, 15) is 4.79 Å². The number of rotatable bonds is 4. The van der Waals surface area contributed by atoms with Crippen molar-refractivity contribution in [2.75, 3.05) is 6.54 Å². The van der Waals surface area contributed by atoms with E-state index in [1.54, 1.807) is 6.92 Å². The molecule has 17 heavy (non-hydrogen) atoms. The summed E-state index contributed by atoms with van der Waals surface area (Å²) in [6, 6.07) is 3.70. The zero-order valence-corrected chi connectivity index (χ0v) is 9.90. The average Bonchev–Trinajstić information content (AvgIpc) is 2.94. The SMILES string of the molecule is CC(O)CNC(=O)c1nc(-c2cccs2)no1. The Morgan fingerprint density at radius 2 is 2.53 bits per heavy atom. The van der Waals surface area contributed by atoms with Crippen molar-refractivity contribution in [3.8, 4) is 10.7 Å². The number of aromatic nitrogens is 2. The van der Waals surface area contributed by atoms with Crippen molar-refractivity contribution in [2.45, 2.75) is 13.0 Å². The second-order valence-electron chi connectivity index (χ2n) is 3.46. The summed E-state index contributed by atoms with van der Waals surface area (Å²) in [5.74, 6) is -0.197. The van der Waals surface area contributed by atoms with Gasteiger partial charge in [0.25, 0.3) is 0 Å². The number of aliphatic hydroxyl groups is 1.